The molecule has 1 aromatic rings. The molecule has 5 heteroatoms. The van der Waals surface area contributed by atoms with E-state index in [0.29, 0.717) is 6.61 Å². The van der Waals surface area contributed by atoms with Gasteiger partial charge in [-0.25, -0.2) is 0 Å². The molecular formula is C14H9NO2S2. The smallest absolute Gasteiger partial charge is 0.328 e. The van der Waals surface area contributed by atoms with Crippen LogP contribution in [0.1, 0.15) is 11.1 Å². The van der Waals surface area contributed by atoms with Crippen LogP contribution in [0.3, 0.4) is 0 Å². The molecule has 0 aliphatic carbocycles. The number of hydrogen-bond donors (Lipinski definition) is 0. The number of fused-ring (bicyclic) bond motifs is 5. The number of thiazole rings is 1. The lowest BCUT2D eigenvalue weighted by Gasteiger charge is -2.23. The Kier molecular flexibility index (Phi) is 2.28. The van der Waals surface area contributed by atoms with Crippen molar-refractivity contribution in [2.45, 2.75) is 13.5 Å². The van der Waals surface area contributed by atoms with Crippen LogP contribution in [-0.4, -0.2) is 4.98 Å². The maximum absolute atomic E-state index is 11.5. The highest BCUT2D eigenvalue weighted by molar-refractivity contribution is 7.21. The summed E-state index contributed by atoms with van der Waals surface area (Å²) in [7, 11) is 0. The minimum absolute atomic E-state index is 0.125. The summed E-state index contributed by atoms with van der Waals surface area (Å²) in [6.45, 7) is 2.60. The highest BCUT2D eigenvalue weighted by atomic mass is 32.1. The van der Waals surface area contributed by atoms with Gasteiger partial charge in [0, 0.05) is 22.1 Å². The van der Waals surface area contributed by atoms with Crippen molar-refractivity contribution in [2.24, 2.45) is 0 Å². The summed E-state index contributed by atoms with van der Waals surface area (Å²) in [5, 5.41) is 2.87. The topological polar surface area (TPSA) is 39.2 Å². The Morgan fingerprint density at radius 3 is 3.16 bits per heavy atom. The molecule has 0 bridgehead atoms. The van der Waals surface area contributed by atoms with Gasteiger partial charge in [-0.1, -0.05) is 29.5 Å². The molecule has 0 amide bonds. The van der Waals surface area contributed by atoms with E-state index in [-0.39, 0.29) is 4.87 Å². The Hall–Kier alpha value is -1.72. The minimum atomic E-state index is -0.125. The fourth-order valence-corrected chi connectivity index (χ4v) is 4.35. The largest absolute Gasteiger partial charge is 0.488 e. The normalized spacial score (nSPS) is 12.9. The zero-order chi connectivity index (χ0) is 13.0. The molecule has 0 saturated heterocycles. The van der Waals surface area contributed by atoms with E-state index in [1.165, 1.54) is 22.7 Å². The Labute approximate surface area is 117 Å². The number of aryl methyl sites for hydroxylation is 1. The van der Waals surface area contributed by atoms with Crippen LogP contribution in [0.15, 0.2) is 28.4 Å². The molecule has 94 valence electrons. The van der Waals surface area contributed by atoms with E-state index < -0.39 is 0 Å². The number of ether oxygens (including phenoxy) is 1. The van der Waals surface area contributed by atoms with Crippen LogP contribution in [0.4, 0.5) is 0 Å². The van der Waals surface area contributed by atoms with Crippen molar-refractivity contribution in [1.82, 2.24) is 4.98 Å². The summed E-state index contributed by atoms with van der Waals surface area (Å²) in [6.07, 6.45) is 0. The predicted molar refractivity (Wildman–Crippen MR) is 77.4 cm³/mol. The SMILES string of the molecule is Cc1cccc2c1OCc1csc3nc(=O)sc-3c1-2. The average molecular weight is 287 g/mol. The number of hydrogen-bond acceptors (Lipinski definition) is 5. The van der Waals surface area contributed by atoms with Gasteiger partial charge in [0.1, 0.15) is 17.4 Å². The molecule has 0 aromatic heterocycles. The van der Waals surface area contributed by atoms with Gasteiger partial charge in [-0.05, 0) is 12.5 Å². The Morgan fingerprint density at radius 1 is 1.37 bits per heavy atom. The summed E-state index contributed by atoms with van der Waals surface area (Å²) >= 11 is 2.73. The predicted octanol–water partition coefficient (Wildman–Crippen LogP) is 3.54. The Balaban J connectivity index is 2.13. The van der Waals surface area contributed by atoms with E-state index >= 15 is 0 Å². The van der Waals surface area contributed by atoms with Gasteiger partial charge in [0.2, 0.25) is 0 Å². The maximum atomic E-state index is 11.5. The highest BCUT2D eigenvalue weighted by Crippen LogP contribution is 2.47. The maximum Gasteiger partial charge on any atom is 0.328 e. The monoisotopic (exact) mass is 287 g/mol. The zero-order valence-corrected chi connectivity index (χ0v) is 11.7. The van der Waals surface area contributed by atoms with Gasteiger partial charge in [-0.3, -0.25) is 4.79 Å². The third kappa shape index (κ3) is 1.55. The Bertz CT molecular complexity index is 819. The molecule has 3 heterocycles. The molecule has 0 saturated carbocycles. The molecule has 0 spiro atoms. The van der Waals surface area contributed by atoms with Gasteiger partial charge in [0.25, 0.3) is 0 Å². The molecule has 3 aliphatic rings. The number of rotatable bonds is 0. The molecule has 0 unspecified atom stereocenters. The standard InChI is InChI=1S/C14H9NO2S2/c1-7-3-2-4-9-10-8(5-17-11(7)9)6-18-13-12(10)19-14(16)15-13/h2-4,6H,5H2,1H3. The van der Waals surface area contributed by atoms with Crippen molar-refractivity contribution < 1.29 is 4.74 Å². The van der Waals surface area contributed by atoms with Crippen LogP contribution in [0.5, 0.6) is 5.75 Å². The van der Waals surface area contributed by atoms with Gasteiger partial charge in [0.05, 0.1) is 4.88 Å². The van der Waals surface area contributed by atoms with E-state index in [1.54, 1.807) is 0 Å². The second-order valence-corrected chi connectivity index (χ2v) is 6.31. The third-order valence-corrected chi connectivity index (χ3v) is 5.21. The van der Waals surface area contributed by atoms with Gasteiger partial charge >= 0.3 is 4.87 Å². The molecule has 1 aromatic carbocycles. The summed E-state index contributed by atoms with van der Waals surface area (Å²) in [5.41, 5.74) is 4.45. The van der Waals surface area contributed by atoms with Crippen LogP contribution in [0.2, 0.25) is 0 Å². The van der Waals surface area contributed by atoms with Crippen LogP contribution < -0.4 is 9.61 Å². The molecule has 0 atom stereocenters. The van der Waals surface area contributed by atoms with Crippen molar-refractivity contribution in [1.29, 1.82) is 0 Å². The van der Waals surface area contributed by atoms with Crippen LogP contribution >= 0.6 is 22.7 Å². The van der Waals surface area contributed by atoms with Gasteiger partial charge < -0.3 is 4.74 Å². The van der Waals surface area contributed by atoms with Crippen molar-refractivity contribution in [3.05, 3.63) is 44.4 Å². The molecule has 3 aliphatic heterocycles. The summed E-state index contributed by atoms with van der Waals surface area (Å²) < 4.78 is 5.85. The van der Waals surface area contributed by atoms with Crippen molar-refractivity contribution in [2.75, 3.05) is 0 Å². The molecular weight excluding hydrogens is 278 g/mol. The highest BCUT2D eigenvalue weighted by Gasteiger charge is 2.25. The van der Waals surface area contributed by atoms with E-state index in [0.717, 1.165) is 37.9 Å². The summed E-state index contributed by atoms with van der Waals surface area (Å²) in [6, 6.07) is 6.11. The van der Waals surface area contributed by atoms with Gasteiger partial charge in [-0.15, -0.1) is 11.3 Å². The molecule has 3 nitrogen and oxygen atoms in total. The molecule has 0 fully saturated rings. The minimum Gasteiger partial charge on any atom is -0.488 e. The van der Waals surface area contributed by atoms with Crippen molar-refractivity contribution in [3.8, 4) is 26.8 Å². The Morgan fingerprint density at radius 2 is 2.26 bits per heavy atom. The lowest BCUT2D eigenvalue weighted by Crippen LogP contribution is -2.07. The van der Waals surface area contributed by atoms with E-state index in [4.69, 9.17) is 4.74 Å². The third-order valence-electron chi connectivity index (χ3n) is 3.29. The number of aromatic nitrogens is 1. The lowest BCUT2D eigenvalue weighted by molar-refractivity contribution is 0.300. The van der Waals surface area contributed by atoms with Crippen LogP contribution in [0, 0.1) is 6.92 Å². The number of benzene rings is 1. The molecule has 0 radical (unpaired) electrons. The zero-order valence-electron chi connectivity index (χ0n) is 10.1. The average Bonchev–Trinajstić information content (AvgIpc) is 2.79. The quantitative estimate of drug-likeness (QED) is 0.635. The van der Waals surface area contributed by atoms with Crippen molar-refractivity contribution >= 4 is 22.7 Å². The number of para-hydroxylation sites is 1. The van der Waals surface area contributed by atoms with Crippen LogP contribution in [0.25, 0.3) is 21.0 Å². The van der Waals surface area contributed by atoms with Gasteiger partial charge in [0.15, 0.2) is 0 Å². The van der Waals surface area contributed by atoms with Crippen molar-refractivity contribution in [3.63, 3.8) is 0 Å². The van der Waals surface area contributed by atoms with Crippen LogP contribution in [-0.2, 0) is 6.61 Å². The molecule has 19 heavy (non-hydrogen) atoms. The van der Waals surface area contributed by atoms with E-state index in [9.17, 15) is 4.79 Å². The number of nitrogens with zero attached hydrogens (tertiary/aromatic N) is 1. The first-order valence-electron chi connectivity index (χ1n) is 5.88. The first-order chi connectivity index (χ1) is 9.24. The van der Waals surface area contributed by atoms with E-state index in [2.05, 4.69) is 11.1 Å². The fourth-order valence-electron chi connectivity index (χ4n) is 2.45. The lowest BCUT2D eigenvalue weighted by atomic mass is 9.96. The molecule has 0 N–H and O–H groups in total. The van der Waals surface area contributed by atoms with Gasteiger partial charge in [-0.2, -0.15) is 4.98 Å². The molecule has 4 rings (SSSR count). The summed E-state index contributed by atoms with van der Waals surface area (Å²) in [5.74, 6) is 0.924. The second-order valence-electron chi connectivity index (χ2n) is 4.49. The van der Waals surface area contributed by atoms with E-state index in [1.807, 2.05) is 24.4 Å². The second kappa shape index (κ2) is 3.88. The first kappa shape index (κ1) is 11.1. The summed E-state index contributed by atoms with van der Waals surface area (Å²) in [4.78, 5) is 16.5. The first-order valence-corrected chi connectivity index (χ1v) is 7.57. The fraction of sp³-hybridized carbons (Fsp3) is 0.143.